The van der Waals surface area contributed by atoms with E-state index in [9.17, 15) is 4.79 Å². The molecule has 1 aromatic carbocycles. The highest BCUT2D eigenvalue weighted by molar-refractivity contribution is 5.83. The standard InChI is InChI=1S/C18H28N2O2/c1-5-18(6-2,12-19)16(21)20-15-11-17(15,3)13-9-7-8-10-14(13)22-4/h7-10,15H,5-6,11-12,19H2,1-4H3,(H,20,21). The first-order valence-electron chi connectivity index (χ1n) is 8.12. The Labute approximate surface area is 133 Å². The van der Waals surface area contributed by atoms with Crippen molar-refractivity contribution in [3.05, 3.63) is 29.8 Å². The van der Waals surface area contributed by atoms with Gasteiger partial charge in [-0.1, -0.05) is 39.0 Å². The van der Waals surface area contributed by atoms with E-state index in [0.717, 1.165) is 30.6 Å². The van der Waals surface area contributed by atoms with Gasteiger partial charge >= 0.3 is 0 Å². The number of ether oxygens (including phenoxy) is 1. The van der Waals surface area contributed by atoms with E-state index in [1.165, 1.54) is 0 Å². The molecule has 0 radical (unpaired) electrons. The van der Waals surface area contributed by atoms with E-state index in [-0.39, 0.29) is 17.4 Å². The number of methoxy groups -OCH3 is 1. The lowest BCUT2D eigenvalue weighted by Crippen LogP contribution is -2.47. The third-order valence-corrected chi connectivity index (χ3v) is 5.49. The van der Waals surface area contributed by atoms with Gasteiger partial charge in [-0.2, -0.15) is 0 Å². The first-order valence-corrected chi connectivity index (χ1v) is 8.12. The van der Waals surface area contributed by atoms with Gasteiger partial charge in [0, 0.05) is 23.6 Å². The number of nitrogens with two attached hydrogens (primary N) is 1. The number of nitrogens with one attached hydrogen (secondary N) is 1. The molecular weight excluding hydrogens is 276 g/mol. The van der Waals surface area contributed by atoms with Crippen molar-refractivity contribution >= 4 is 5.91 Å². The van der Waals surface area contributed by atoms with Crippen molar-refractivity contribution in [3.63, 3.8) is 0 Å². The lowest BCUT2D eigenvalue weighted by atomic mass is 9.81. The van der Waals surface area contributed by atoms with Crippen LogP contribution in [0.4, 0.5) is 0 Å². The maximum atomic E-state index is 12.7. The van der Waals surface area contributed by atoms with Gasteiger partial charge in [-0.3, -0.25) is 4.79 Å². The molecule has 1 amide bonds. The Kier molecular flexibility index (Phi) is 4.81. The SMILES string of the molecule is CCC(CC)(CN)C(=O)NC1CC1(C)c1ccccc1OC. The fourth-order valence-corrected chi connectivity index (χ4v) is 3.25. The zero-order chi connectivity index (χ0) is 16.4. The van der Waals surface area contributed by atoms with Crippen LogP contribution < -0.4 is 15.8 Å². The van der Waals surface area contributed by atoms with Crippen LogP contribution in [-0.2, 0) is 10.2 Å². The second kappa shape index (κ2) is 6.29. The fourth-order valence-electron chi connectivity index (χ4n) is 3.25. The second-order valence-electron chi connectivity index (χ2n) is 6.54. The lowest BCUT2D eigenvalue weighted by molar-refractivity contribution is -0.131. The maximum Gasteiger partial charge on any atom is 0.227 e. The molecule has 0 spiro atoms. The third kappa shape index (κ3) is 2.72. The molecule has 0 bridgehead atoms. The average Bonchev–Trinajstić information content (AvgIpc) is 3.20. The number of hydrogen-bond donors (Lipinski definition) is 2. The zero-order valence-electron chi connectivity index (χ0n) is 14.1. The molecule has 22 heavy (non-hydrogen) atoms. The summed E-state index contributed by atoms with van der Waals surface area (Å²) in [6.07, 6.45) is 2.47. The summed E-state index contributed by atoms with van der Waals surface area (Å²) in [6, 6.07) is 8.19. The van der Waals surface area contributed by atoms with Crippen molar-refractivity contribution in [2.75, 3.05) is 13.7 Å². The van der Waals surface area contributed by atoms with Crippen LogP contribution in [0.2, 0.25) is 0 Å². The average molecular weight is 304 g/mol. The minimum atomic E-state index is -0.440. The van der Waals surface area contributed by atoms with E-state index in [1.807, 2.05) is 32.0 Å². The normalized spacial score (nSPS) is 24.0. The van der Waals surface area contributed by atoms with Gasteiger partial charge in [-0.15, -0.1) is 0 Å². The quantitative estimate of drug-likeness (QED) is 0.814. The molecule has 1 aromatic rings. The van der Waals surface area contributed by atoms with Crippen LogP contribution in [0, 0.1) is 5.41 Å². The molecule has 1 aliphatic rings. The molecule has 4 nitrogen and oxygen atoms in total. The summed E-state index contributed by atoms with van der Waals surface area (Å²) < 4.78 is 5.46. The highest BCUT2D eigenvalue weighted by Gasteiger charge is 2.54. The van der Waals surface area contributed by atoms with Crippen LogP contribution >= 0.6 is 0 Å². The molecule has 122 valence electrons. The van der Waals surface area contributed by atoms with E-state index in [0.29, 0.717) is 6.54 Å². The monoisotopic (exact) mass is 304 g/mol. The Morgan fingerprint density at radius 2 is 2.05 bits per heavy atom. The van der Waals surface area contributed by atoms with Gasteiger partial charge in [-0.05, 0) is 25.3 Å². The predicted octanol–water partition coefficient (Wildman–Crippen LogP) is 2.61. The largest absolute Gasteiger partial charge is 0.496 e. The maximum absolute atomic E-state index is 12.7. The number of para-hydroxylation sites is 1. The first kappa shape index (κ1) is 16.8. The van der Waals surface area contributed by atoms with Crippen LogP contribution in [0.15, 0.2) is 24.3 Å². The summed E-state index contributed by atoms with van der Waals surface area (Å²) >= 11 is 0. The Hall–Kier alpha value is -1.55. The number of rotatable bonds is 7. The molecule has 0 aliphatic heterocycles. The molecule has 0 aromatic heterocycles. The molecule has 3 N–H and O–H groups in total. The van der Waals surface area contributed by atoms with Crippen LogP contribution in [0.1, 0.15) is 45.6 Å². The molecule has 1 fully saturated rings. The summed E-state index contributed by atoms with van der Waals surface area (Å²) in [7, 11) is 1.69. The van der Waals surface area contributed by atoms with Crippen molar-refractivity contribution in [2.24, 2.45) is 11.1 Å². The Bertz CT molecular complexity index is 531. The van der Waals surface area contributed by atoms with Crippen molar-refractivity contribution in [1.82, 2.24) is 5.32 Å². The van der Waals surface area contributed by atoms with E-state index >= 15 is 0 Å². The Morgan fingerprint density at radius 1 is 1.41 bits per heavy atom. The third-order valence-electron chi connectivity index (χ3n) is 5.49. The Morgan fingerprint density at radius 3 is 2.59 bits per heavy atom. The number of benzene rings is 1. The van der Waals surface area contributed by atoms with Gasteiger partial charge in [-0.25, -0.2) is 0 Å². The minimum Gasteiger partial charge on any atom is -0.496 e. The van der Waals surface area contributed by atoms with Crippen molar-refractivity contribution in [1.29, 1.82) is 0 Å². The molecular formula is C18H28N2O2. The van der Waals surface area contributed by atoms with Gasteiger partial charge < -0.3 is 15.8 Å². The van der Waals surface area contributed by atoms with Crippen molar-refractivity contribution in [3.8, 4) is 5.75 Å². The van der Waals surface area contributed by atoms with Gasteiger partial charge in [0.25, 0.3) is 0 Å². The smallest absolute Gasteiger partial charge is 0.227 e. The van der Waals surface area contributed by atoms with Crippen LogP contribution in [0.5, 0.6) is 5.75 Å². The summed E-state index contributed by atoms with van der Waals surface area (Å²) in [4.78, 5) is 12.7. The number of amides is 1. The van der Waals surface area contributed by atoms with E-state index in [1.54, 1.807) is 7.11 Å². The number of hydrogen-bond acceptors (Lipinski definition) is 3. The summed E-state index contributed by atoms with van der Waals surface area (Å²) in [5.74, 6) is 0.974. The molecule has 2 unspecified atom stereocenters. The highest BCUT2D eigenvalue weighted by atomic mass is 16.5. The summed E-state index contributed by atoms with van der Waals surface area (Å²) in [5.41, 5.74) is 6.54. The first-order chi connectivity index (χ1) is 10.5. The van der Waals surface area contributed by atoms with Gasteiger partial charge in [0.2, 0.25) is 5.91 Å². The molecule has 0 heterocycles. The molecule has 4 heteroatoms. The predicted molar refractivity (Wildman–Crippen MR) is 89.0 cm³/mol. The van der Waals surface area contributed by atoms with Gasteiger partial charge in [0.1, 0.15) is 5.75 Å². The lowest BCUT2D eigenvalue weighted by Gasteiger charge is -2.29. The van der Waals surface area contributed by atoms with Crippen LogP contribution in [-0.4, -0.2) is 25.6 Å². The zero-order valence-corrected chi connectivity index (χ0v) is 14.1. The van der Waals surface area contributed by atoms with Gasteiger partial charge in [0.15, 0.2) is 0 Å². The number of carbonyl (C=O) groups is 1. The molecule has 2 rings (SSSR count). The molecule has 1 aliphatic carbocycles. The van der Waals surface area contributed by atoms with Crippen LogP contribution in [0.3, 0.4) is 0 Å². The van der Waals surface area contributed by atoms with E-state index < -0.39 is 5.41 Å². The van der Waals surface area contributed by atoms with E-state index in [2.05, 4.69) is 18.3 Å². The van der Waals surface area contributed by atoms with E-state index in [4.69, 9.17) is 10.5 Å². The van der Waals surface area contributed by atoms with Gasteiger partial charge in [0.05, 0.1) is 12.5 Å². The second-order valence-corrected chi connectivity index (χ2v) is 6.54. The summed E-state index contributed by atoms with van der Waals surface area (Å²) in [6.45, 7) is 6.63. The number of carbonyl (C=O) groups excluding carboxylic acids is 1. The summed E-state index contributed by atoms with van der Waals surface area (Å²) in [5, 5.41) is 3.21. The molecule has 1 saturated carbocycles. The highest BCUT2D eigenvalue weighted by Crippen LogP contribution is 2.51. The van der Waals surface area contributed by atoms with Crippen molar-refractivity contribution < 1.29 is 9.53 Å². The minimum absolute atomic E-state index is 0.0515. The van der Waals surface area contributed by atoms with Crippen LogP contribution in [0.25, 0.3) is 0 Å². The fraction of sp³-hybridized carbons (Fsp3) is 0.611. The molecule has 0 saturated heterocycles. The molecule has 2 atom stereocenters. The van der Waals surface area contributed by atoms with Crippen molar-refractivity contribution in [2.45, 2.75) is 51.5 Å². The topological polar surface area (TPSA) is 64.4 Å². The Balaban J connectivity index is 2.13.